The molecule has 4 atom stereocenters. The zero-order valence-electron chi connectivity index (χ0n) is 17.3. The minimum absolute atomic E-state index is 0.259. The van der Waals surface area contributed by atoms with Gasteiger partial charge in [0.05, 0.1) is 31.5 Å². The van der Waals surface area contributed by atoms with Gasteiger partial charge in [0, 0.05) is 11.4 Å². The molecule has 1 saturated carbocycles. The molecule has 0 amide bonds. The molecule has 3 N–H and O–H groups in total. The monoisotopic (exact) mass is 448 g/mol. The van der Waals surface area contributed by atoms with Crippen LogP contribution in [0.3, 0.4) is 0 Å². The molecule has 4 rings (SSSR count). The van der Waals surface area contributed by atoms with Crippen molar-refractivity contribution in [3.05, 3.63) is 64.2 Å². The Morgan fingerprint density at radius 3 is 2.52 bits per heavy atom. The van der Waals surface area contributed by atoms with Crippen molar-refractivity contribution in [3.8, 4) is 5.75 Å². The maximum absolute atomic E-state index is 10.1. The Labute approximate surface area is 187 Å². The van der Waals surface area contributed by atoms with Crippen molar-refractivity contribution in [1.29, 1.82) is 0 Å². The van der Waals surface area contributed by atoms with Gasteiger partial charge in [-0.3, -0.25) is 0 Å². The first kappa shape index (κ1) is 22.5. The molecule has 2 aromatic rings. The Balaban J connectivity index is 1.38. The molecule has 1 unspecified atom stereocenters. The van der Waals surface area contributed by atoms with Crippen LogP contribution in [0.2, 0.25) is 5.02 Å². The lowest BCUT2D eigenvalue weighted by molar-refractivity contribution is -0.181. The fraction of sp³-hybridized carbons (Fsp3) is 0.500. The summed E-state index contributed by atoms with van der Waals surface area (Å²) in [7, 11) is 0. The Morgan fingerprint density at radius 1 is 1.03 bits per heavy atom. The molecule has 2 fully saturated rings. The van der Waals surface area contributed by atoms with Gasteiger partial charge in [-0.1, -0.05) is 35.9 Å². The van der Waals surface area contributed by atoms with Crippen LogP contribution in [0.5, 0.6) is 5.75 Å². The van der Waals surface area contributed by atoms with Crippen molar-refractivity contribution >= 4 is 11.6 Å². The predicted molar refractivity (Wildman–Crippen MR) is 116 cm³/mol. The number of halogens is 1. The van der Waals surface area contributed by atoms with E-state index in [0.29, 0.717) is 30.8 Å². The zero-order valence-corrected chi connectivity index (χ0v) is 18.1. The highest BCUT2D eigenvalue weighted by Crippen LogP contribution is 2.34. The summed E-state index contributed by atoms with van der Waals surface area (Å²) in [6, 6.07) is 13.5. The lowest BCUT2D eigenvalue weighted by Crippen LogP contribution is -2.47. The molecule has 6 nitrogen and oxygen atoms in total. The number of hydrogen-bond donors (Lipinski definition) is 3. The van der Waals surface area contributed by atoms with Crippen LogP contribution >= 0.6 is 11.6 Å². The average molecular weight is 449 g/mol. The first-order chi connectivity index (χ1) is 15.0. The molecule has 31 heavy (non-hydrogen) atoms. The molecule has 1 heterocycles. The summed E-state index contributed by atoms with van der Waals surface area (Å²) in [5.41, 5.74) is 2.89. The highest BCUT2D eigenvalue weighted by molar-refractivity contribution is 6.31. The SMILES string of the molecule is OC[C@H]1OC(c2ccc(Cl)c(Cc3ccc(OCCOC4CC4)cc3)c2)C[C@@H](O)[C@@H]1O. The summed E-state index contributed by atoms with van der Waals surface area (Å²) in [6.45, 7) is 0.803. The molecule has 0 spiro atoms. The Hall–Kier alpha value is -1.67. The van der Waals surface area contributed by atoms with Crippen molar-refractivity contribution in [3.63, 3.8) is 0 Å². The van der Waals surface area contributed by atoms with Crippen molar-refractivity contribution < 1.29 is 29.5 Å². The second kappa shape index (κ2) is 10.3. The first-order valence-electron chi connectivity index (χ1n) is 10.8. The van der Waals surface area contributed by atoms with Crippen molar-refractivity contribution in [2.75, 3.05) is 19.8 Å². The Morgan fingerprint density at radius 2 is 1.81 bits per heavy atom. The Bertz CT molecular complexity index is 854. The van der Waals surface area contributed by atoms with Gasteiger partial charge in [0.15, 0.2) is 0 Å². The second-order valence-electron chi connectivity index (χ2n) is 8.23. The van der Waals surface area contributed by atoms with E-state index in [1.54, 1.807) is 0 Å². The molecule has 7 heteroatoms. The largest absolute Gasteiger partial charge is 0.491 e. The van der Waals surface area contributed by atoms with Crippen molar-refractivity contribution in [1.82, 2.24) is 0 Å². The van der Waals surface area contributed by atoms with Crippen molar-refractivity contribution in [2.24, 2.45) is 0 Å². The molecular formula is C24H29ClO6. The van der Waals surface area contributed by atoms with Crippen LogP contribution < -0.4 is 4.74 Å². The third-order valence-corrected chi connectivity index (χ3v) is 6.11. The fourth-order valence-electron chi connectivity index (χ4n) is 3.78. The molecule has 1 aliphatic carbocycles. The first-order valence-corrected chi connectivity index (χ1v) is 11.2. The number of ether oxygens (including phenoxy) is 3. The summed E-state index contributed by atoms with van der Waals surface area (Å²) >= 11 is 6.43. The zero-order chi connectivity index (χ0) is 21.8. The van der Waals surface area contributed by atoms with Crippen LogP contribution in [-0.4, -0.2) is 59.6 Å². The standard InChI is InChI=1S/C24H29ClO6/c25-20-8-3-16(22-13-21(27)24(28)23(14-26)31-22)12-17(20)11-15-1-4-18(5-2-15)29-9-10-30-19-6-7-19/h1-5,8,12,19,21-24,26-28H,6-7,9-11,13-14H2/t21-,22?,23-,24+/m1/s1. The maximum atomic E-state index is 10.1. The average Bonchev–Trinajstić information content (AvgIpc) is 3.60. The van der Waals surface area contributed by atoms with E-state index < -0.39 is 24.4 Å². The number of benzene rings is 2. The van der Waals surface area contributed by atoms with E-state index >= 15 is 0 Å². The smallest absolute Gasteiger partial charge is 0.119 e. The van der Waals surface area contributed by atoms with Gasteiger partial charge in [-0.15, -0.1) is 0 Å². The van der Waals surface area contributed by atoms with Crippen molar-refractivity contribution in [2.45, 2.75) is 56.2 Å². The quantitative estimate of drug-likeness (QED) is 0.511. The van der Waals surface area contributed by atoms with Gasteiger partial charge in [-0.05, 0) is 54.2 Å². The van der Waals surface area contributed by atoms with Gasteiger partial charge < -0.3 is 29.5 Å². The molecule has 2 aliphatic rings. The molecule has 168 valence electrons. The number of aliphatic hydroxyl groups excluding tert-OH is 3. The van der Waals surface area contributed by atoms with Gasteiger partial charge in [0.25, 0.3) is 0 Å². The van der Waals surface area contributed by atoms with E-state index in [1.807, 2.05) is 42.5 Å². The van der Waals surface area contributed by atoms with Gasteiger partial charge >= 0.3 is 0 Å². The highest BCUT2D eigenvalue weighted by Gasteiger charge is 2.37. The highest BCUT2D eigenvalue weighted by atomic mass is 35.5. The second-order valence-corrected chi connectivity index (χ2v) is 8.64. The lowest BCUT2D eigenvalue weighted by atomic mass is 9.92. The predicted octanol–water partition coefficient (Wildman–Crippen LogP) is 3.03. The van der Waals surface area contributed by atoms with Crippen LogP contribution in [0, 0.1) is 0 Å². The van der Waals surface area contributed by atoms with Gasteiger partial charge in [0.2, 0.25) is 0 Å². The molecule has 0 radical (unpaired) electrons. The van der Waals surface area contributed by atoms with E-state index in [9.17, 15) is 15.3 Å². The van der Waals surface area contributed by atoms with Gasteiger partial charge in [0.1, 0.15) is 24.6 Å². The Kier molecular flexibility index (Phi) is 7.48. The van der Waals surface area contributed by atoms with E-state index in [4.69, 9.17) is 25.8 Å². The minimum Gasteiger partial charge on any atom is -0.491 e. The summed E-state index contributed by atoms with van der Waals surface area (Å²) in [6.07, 6.45) is 0.398. The lowest BCUT2D eigenvalue weighted by Gasteiger charge is -2.36. The number of aliphatic hydroxyl groups is 3. The van der Waals surface area contributed by atoms with E-state index in [0.717, 1.165) is 35.3 Å². The normalized spacial score (nSPS) is 26.1. The topological polar surface area (TPSA) is 88.4 Å². The number of hydrogen-bond acceptors (Lipinski definition) is 6. The molecule has 1 saturated heterocycles. The van der Waals surface area contributed by atoms with Gasteiger partial charge in [-0.2, -0.15) is 0 Å². The van der Waals surface area contributed by atoms with Crippen LogP contribution in [0.4, 0.5) is 0 Å². The third kappa shape index (κ3) is 5.98. The summed E-state index contributed by atoms with van der Waals surface area (Å²) in [5.74, 6) is 0.807. The van der Waals surface area contributed by atoms with E-state index in [1.165, 1.54) is 0 Å². The maximum Gasteiger partial charge on any atom is 0.119 e. The molecule has 0 aromatic heterocycles. The van der Waals surface area contributed by atoms with Crippen LogP contribution in [0.1, 0.15) is 42.1 Å². The number of rotatable bonds is 9. The van der Waals surface area contributed by atoms with E-state index in [2.05, 4.69) is 0 Å². The minimum atomic E-state index is -1.09. The van der Waals surface area contributed by atoms with Crippen LogP contribution in [0.15, 0.2) is 42.5 Å². The molecule has 1 aliphatic heterocycles. The fourth-order valence-corrected chi connectivity index (χ4v) is 3.97. The summed E-state index contributed by atoms with van der Waals surface area (Å²) in [5, 5.41) is 30.1. The van der Waals surface area contributed by atoms with Gasteiger partial charge in [-0.25, -0.2) is 0 Å². The van der Waals surface area contributed by atoms with Crippen LogP contribution in [0.25, 0.3) is 0 Å². The van der Waals surface area contributed by atoms with E-state index in [-0.39, 0.29) is 13.0 Å². The molecule has 0 bridgehead atoms. The molecular weight excluding hydrogens is 420 g/mol. The summed E-state index contributed by atoms with van der Waals surface area (Å²) < 4.78 is 17.1. The van der Waals surface area contributed by atoms with Crippen LogP contribution in [-0.2, 0) is 15.9 Å². The third-order valence-electron chi connectivity index (χ3n) is 5.74. The summed E-state index contributed by atoms with van der Waals surface area (Å²) in [4.78, 5) is 0. The molecule has 2 aromatic carbocycles.